The Morgan fingerprint density at radius 3 is 2.54 bits per heavy atom. The zero-order valence-electron chi connectivity index (χ0n) is 14.1. The highest BCUT2D eigenvalue weighted by molar-refractivity contribution is 6.32. The molecular formula is C18H15ClN4O3. The highest BCUT2D eigenvalue weighted by Crippen LogP contribution is 2.25. The first kappa shape index (κ1) is 17.6. The fourth-order valence-electron chi connectivity index (χ4n) is 2.59. The zero-order valence-corrected chi connectivity index (χ0v) is 14.8. The van der Waals surface area contributed by atoms with Crippen LogP contribution in [-0.2, 0) is 7.05 Å². The summed E-state index contributed by atoms with van der Waals surface area (Å²) in [5.41, 5.74) is 1.69. The second-order valence-electron chi connectivity index (χ2n) is 5.64. The first-order valence-electron chi connectivity index (χ1n) is 7.72. The van der Waals surface area contributed by atoms with E-state index in [9.17, 15) is 14.9 Å². The number of nitro groups is 1. The number of benzene rings is 2. The SMILES string of the molecule is Cc1c(N=Cc2ccc(Cl)c([N+](=O)[O-])c2)c(=O)n(-c2ccccc2)n1C. The van der Waals surface area contributed by atoms with E-state index in [2.05, 4.69) is 4.99 Å². The summed E-state index contributed by atoms with van der Waals surface area (Å²) in [7, 11) is 1.77. The minimum atomic E-state index is -0.560. The normalized spacial score (nSPS) is 11.2. The maximum atomic E-state index is 12.8. The predicted molar refractivity (Wildman–Crippen MR) is 101 cm³/mol. The van der Waals surface area contributed by atoms with E-state index in [1.807, 2.05) is 30.3 Å². The lowest BCUT2D eigenvalue weighted by atomic mass is 10.2. The molecule has 1 aromatic heterocycles. The van der Waals surface area contributed by atoms with E-state index in [-0.39, 0.29) is 22.0 Å². The molecule has 0 unspecified atom stereocenters. The van der Waals surface area contributed by atoms with Crippen LogP contribution in [0.2, 0.25) is 5.02 Å². The predicted octanol–water partition coefficient (Wildman–Crippen LogP) is 3.80. The van der Waals surface area contributed by atoms with Gasteiger partial charge in [-0.25, -0.2) is 9.67 Å². The number of aliphatic imine (C=N–C) groups is 1. The third kappa shape index (κ3) is 3.16. The molecule has 0 radical (unpaired) electrons. The van der Waals surface area contributed by atoms with Crippen molar-refractivity contribution in [3.05, 3.63) is 85.3 Å². The second-order valence-corrected chi connectivity index (χ2v) is 6.04. The Labute approximate surface area is 153 Å². The third-order valence-electron chi connectivity index (χ3n) is 4.03. The summed E-state index contributed by atoms with van der Waals surface area (Å²) in [6.45, 7) is 1.79. The molecule has 0 spiro atoms. The Hall–Kier alpha value is -3.19. The molecule has 0 aliphatic heterocycles. The number of halogens is 1. The largest absolute Gasteiger partial charge is 0.297 e. The van der Waals surface area contributed by atoms with Crippen molar-refractivity contribution in [1.82, 2.24) is 9.36 Å². The topological polar surface area (TPSA) is 82.4 Å². The molecule has 3 rings (SSSR count). The van der Waals surface area contributed by atoms with Gasteiger partial charge in [-0.3, -0.25) is 19.6 Å². The maximum absolute atomic E-state index is 12.8. The summed E-state index contributed by atoms with van der Waals surface area (Å²) < 4.78 is 3.24. The van der Waals surface area contributed by atoms with Gasteiger partial charge in [0.25, 0.3) is 11.2 Å². The van der Waals surface area contributed by atoms with Crippen LogP contribution in [0.3, 0.4) is 0 Å². The van der Waals surface area contributed by atoms with Crippen molar-refractivity contribution in [3.63, 3.8) is 0 Å². The lowest BCUT2D eigenvalue weighted by Crippen LogP contribution is -2.19. The highest BCUT2D eigenvalue weighted by atomic mass is 35.5. The molecule has 0 amide bonds. The number of nitro benzene ring substituents is 1. The highest BCUT2D eigenvalue weighted by Gasteiger charge is 2.16. The molecule has 0 saturated carbocycles. The van der Waals surface area contributed by atoms with Crippen LogP contribution in [0.4, 0.5) is 11.4 Å². The van der Waals surface area contributed by atoms with E-state index in [1.165, 1.54) is 23.0 Å². The fraction of sp³-hybridized carbons (Fsp3) is 0.111. The number of aromatic nitrogens is 2. The van der Waals surface area contributed by atoms with Gasteiger partial charge in [0.15, 0.2) is 5.69 Å². The molecule has 0 atom stereocenters. The van der Waals surface area contributed by atoms with Crippen LogP contribution in [0.25, 0.3) is 5.69 Å². The Morgan fingerprint density at radius 2 is 1.88 bits per heavy atom. The number of para-hydroxylation sites is 1. The first-order chi connectivity index (χ1) is 12.4. The number of hydrogen-bond acceptors (Lipinski definition) is 4. The van der Waals surface area contributed by atoms with Gasteiger partial charge in [0.05, 0.1) is 16.3 Å². The quantitative estimate of drug-likeness (QED) is 0.398. The Morgan fingerprint density at radius 1 is 1.19 bits per heavy atom. The van der Waals surface area contributed by atoms with Gasteiger partial charge >= 0.3 is 0 Å². The average molecular weight is 371 g/mol. The molecule has 2 aromatic carbocycles. The van der Waals surface area contributed by atoms with Crippen molar-refractivity contribution in [2.45, 2.75) is 6.92 Å². The van der Waals surface area contributed by atoms with E-state index in [1.54, 1.807) is 24.7 Å². The molecule has 0 aliphatic rings. The second kappa shape index (κ2) is 6.97. The summed E-state index contributed by atoms with van der Waals surface area (Å²) in [4.78, 5) is 27.5. The van der Waals surface area contributed by atoms with E-state index >= 15 is 0 Å². The summed E-state index contributed by atoms with van der Waals surface area (Å²) >= 11 is 5.81. The number of nitrogens with zero attached hydrogens (tertiary/aromatic N) is 4. The molecule has 132 valence electrons. The van der Waals surface area contributed by atoms with Crippen molar-refractivity contribution in [2.24, 2.45) is 12.0 Å². The molecule has 8 heteroatoms. The van der Waals surface area contributed by atoms with E-state index in [4.69, 9.17) is 11.6 Å². The fourth-order valence-corrected chi connectivity index (χ4v) is 2.78. The lowest BCUT2D eigenvalue weighted by molar-refractivity contribution is -0.384. The van der Waals surface area contributed by atoms with Crippen LogP contribution in [0.1, 0.15) is 11.3 Å². The molecule has 0 N–H and O–H groups in total. The minimum absolute atomic E-state index is 0.0504. The van der Waals surface area contributed by atoms with Crippen molar-refractivity contribution >= 4 is 29.2 Å². The molecule has 26 heavy (non-hydrogen) atoms. The first-order valence-corrected chi connectivity index (χ1v) is 8.10. The standard InChI is InChI=1S/C18H15ClN4O3/c1-12-17(18(24)22(21(12)2)14-6-4-3-5-7-14)20-11-13-8-9-15(19)16(10-13)23(25)26/h3-11H,1-2H3. The van der Waals surface area contributed by atoms with Crippen LogP contribution in [-0.4, -0.2) is 20.5 Å². The van der Waals surface area contributed by atoms with Crippen molar-refractivity contribution in [1.29, 1.82) is 0 Å². The Balaban J connectivity index is 2.04. The summed E-state index contributed by atoms with van der Waals surface area (Å²) in [6, 6.07) is 13.6. The van der Waals surface area contributed by atoms with Crippen LogP contribution in [0.5, 0.6) is 0 Å². The van der Waals surface area contributed by atoms with Crippen LogP contribution < -0.4 is 5.56 Å². The van der Waals surface area contributed by atoms with E-state index < -0.39 is 4.92 Å². The van der Waals surface area contributed by atoms with Crippen molar-refractivity contribution in [2.75, 3.05) is 0 Å². The van der Waals surface area contributed by atoms with Gasteiger partial charge in [-0.05, 0) is 30.7 Å². The molecular weight excluding hydrogens is 356 g/mol. The van der Waals surface area contributed by atoms with Crippen LogP contribution in [0.15, 0.2) is 58.3 Å². The van der Waals surface area contributed by atoms with E-state index in [0.717, 1.165) is 5.69 Å². The molecule has 0 bridgehead atoms. The molecule has 0 fully saturated rings. The average Bonchev–Trinajstić information content (AvgIpc) is 2.84. The summed E-state index contributed by atoms with van der Waals surface area (Å²) in [5.74, 6) is 0. The molecule has 1 heterocycles. The van der Waals surface area contributed by atoms with Crippen molar-refractivity contribution < 1.29 is 4.92 Å². The van der Waals surface area contributed by atoms with Crippen molar-refractivity contribution in [3.8, 4) is 5.69 Å². The van der Waals surface area contributed by atoms with Crippen LogP contribution >= 0.6 is 11.6 Å². The Bertz CT molecular complexity index is 1070. The van der Waals surface area contributed by atoms with Gasteiger partial charge in [0, 0.05) is 19.3 Å². The molecule has 7 nitrogen and oxygen atoms in total. The van der Waals surface area contributed by atoms with Gasteiger partial charge < -0.3 is 0 Å². The minimum Gasteiger partial charge on any atom is -0.283 e. The third-order valence-corrected chi connectivity index (χ3v) is 4.35. The molecule has 0 saturated heterocycles. The smallest absolute Gasteiger partial charge is 0.283 e. The molecule has 0 aliphatic carbocycles. The summed E-state index contributed by atoms with van der Waals surface area (Å²) in [6.07, 6.45) is 1.42. The molecule has 3 aromatic rings. The van der Waals surface area contributed by atoms with E-state index in [0.29, 0.717) is 11.3 Å². The lowest BCUT2D eigenvalue weighted by Gasteiger charge is -2.07. The van der Waals surface area contributed by atoms with Gasteiger partial charge in [-0.2, -0.15) is 0 Å². The maximum Gasteiger partial charge on any atom is 0.297 e. The Kier molecular flexibility index (Phi) is 4.73. The van der Waals surface area contributed by atoms with Crippen LogP contribution in [0, 0.1) is 17.0 Å². The van der Waals surface area contributed by atoms with Gasteiger partial charge in [0.2, 0.25) is 0 Å². The number of rotatable bonds is 4. The number of hydrogen-bond donors (Lipinski definition) is 0. The zero-order chi connectivity index (χ0) is 18.8. The monoisotopic (exact) mass is 370 g/mol. The summed E-state index contributed by atoms with van der Waals surface area (Å²) in [5, 5.41) is 11.0. The van der Waals surface area contributed by atoms with Gasteiger partial charge in [0.1, 0.15) is 5.02 Å². The van der Waals surface area contributed by atoms with Gasteiger partial charge in [-0.1, -0.05) is 35.9 Å². The van der Waals surface area contributed by atoms with Gasteiger partial charge in [-0.15, -0.1) is 0 Å².